The van der Waals surface area contributed by atoms with Crippen molar-refractivity contribution in [1.82, 2.24) is 14.8 Å². The molecule has 172 valence electrons. The summed E-state index contributed by atoms with van der Waals surface area (Å²) in [5.41, 5.74) is 3.19. The predicted octanol–water partition coefficient (Wildman–Crippen LogP) is 4.35. The maximum absolute atomic E-state index is 10.4. The van der Waals surface area contributed by atoms with E-state index in [-0.39, 0.29) is 6.61 Å². The van der Waals surface area contributed by atoms with Crippen molar-refractivity contribution in [2.75, 3.05) is 26.6 Å². The van der Waals surface area contributed by atoms with Crippen molar-refractivity contribution in [2.45, 2.75) is 44.7 Å². The molecule has 1 heterocycles. The summed E-state index contributed by atoms with van der Waals surface area (Å²) in [6.45, 7) is 5.63. The number of benzene rings is 2. The summed E-state index contributed by atoms with van der Waals surface area (Å²) >= 11 is 1.49. The van der Waals surface area contributed by atoms with Crippen LogP contribution in [0.25, 0.3) is 11.4 Å². The minimum absolute atomic E-state index is 0.230. The number of aliphatic hydroxyl groups is 1. The van der Waals surface area contributed by atoms with Crippen LogP contribution in [0.5, 0.6) is 11.5 Å². The summed E-state index contributed by atoms with van der Waals surface area (Å²) in [5.74, 6) is 2.66. The van der Waals surface area contributed by atoms with E-state index in [0.29, 0.717) is 23.9 Å². The fourth-order valence-corrected chi connectivity index (χ4v) is 4.19. The highest BCUT2D eigenvalue weighted by Gasteiger charge is 2.16. The zero-order valence-corrected chi connectivity index (χ0v) is 19.9. The summed E-state index contributed by atoms with van der Waals surface area (Å²) in [5, 5.41) is 20.0. The minimum Gasteiger partial charge on any atom is -0.493 e. The van der Waals surface area contributed by atoms with Crippen LogP contribution in [0, 0.1) is 6.92 Å². The van der Waals surface area contributed by atoms with Crippen LogP contribution in [0.1, 0.15) is 24.5 Å². The van der Waals surface area contributed by atoms with Gasteiger partial charge in [0.1, 0.15) is 0 Å². The molecule has 0 aliphatic heterocycles. The predicted molar refractivity (Wildman–Crippen MR) is 126 cm³/mol. The van der Waals surface area contributed by atoms with Gasteiger partial charge in [0.2, 0.25) is 0 Å². The van der Waals surface area contributed by atoms with Crippen LogP contribution >= 0.6 is 11.8 Å². The van der Waals surface area contributed by atoms with Gasteiger partial charge in [-0.25, -0.2) is 0 Å². The zero-order chi connectivity index (χ0) is 22.9. The number of methoxy groups -OCH3 is 2. The number of aromatic nitrogens is 3. The Bertz CT molecular complexity index is 1010. The quantitative estimate of drug-likeness (QED) is 0.405. The second-order valence-corrected chi connectivity index (χ2v) is 8.48. The number of hydrogen-bond acceptors (Lipinski definition) is 7. The van der Waals surface area contributed by atoms with Crippen molar-refractivity contribution in [3.63, 3.8) is 0 Å². The molecule has 0 saturated heterocycles. The molecule has 0 radical (unpaired) electrons. The number of hydrogen-bond donors (Lipinski definition) is 1. The molecule has 1 unspecified atom stereocenters. The number of nitrogens with zero attached hydrogens (tertiary/aromatic N) is 3. The summed E-state index contributed by atoms with van der Waals surface area (Å²) in [4.78, 5) is 0. The molecule has 0 amide bonds. The number of ether oxygens (including phenoxy) is 3. The Balaban J connectivity index is 1.55. The molecule has 0 aliphatic rings. The fourth-order valence-electron chi connectivity index (χ4n) is 3.32. The van der Waals surface area contributed by atoms with Crippen molar-refractivity contribution in [3.05, 3.63) is 53.6 Å². The highest BCUT2D eigenvalue weighted by molar-refractivity contribution is 7.99. The number of aryl methyl sites for hydroxylation is 1. The smallest absolute Gasteiger partial charge is 0.191 e. The van der Waals surface area contributed by atoms with Crippen LogP contribution in [0.15, 0.2) is 47.6 Å². The van der Waals surface area contributed by atoms with Gasteiger partial charge in [0.25, 0.3) is 0 Å². The maximum Gasteiger partial charge on any atom is 0.191 e. The highest BCUT2D eigenvalue weighted by atomic mass is 32.2. The van der Waals surface area contributed by atoms with Gasteiger partial charge < -0.3 is 23.9 Å². The van der Waals surface area contributed by atoms with E-state index in [1.165, 1.54) is 17.3 Å². The molecular formula is C24H31N3O4S. The Hall–Kier alpha value is -2.55. The molecule has 0 aliphatic carbocycles. The molecule has 0 saturated carbocycles. The third-order valence-corrected chi connectivity index (χ3v) is 5.98. The molecule has 1 atom stereocenters. The molecule has 32 heavy (non-hydrogen) atoms. The number of aliphatic hydroxyl groups excluding tert-OH is 1. The van der Waals surface area contributed by atoms with E-state index in [0.717, 1.165) is 35.1 Å². The first-order valence-electron chi connectivity index (χ1n) is 10.7. The van der Waals surface area contributed by atoms with Crippen LogP contribution in [0.4, 0.5) is 0 Å². The van der Waals surface area contributed by atoms with Crippen molar-refractivity contribution in [3.8, 4) is 22.9 Å². The zero-order valence-electron chi connectivity index (χ0n) is 19.1. The van der Waals surface area contributed by atoms with E-state index in [1.807, 2.05) is 24.3 Å². The lowest BCUT2D eigenvalue weighted by Gasteiger charge is -2.13. The summed E-state index contributed by atoms with van der Waals surface area (Å²) in [7, 11) is 3.21. The van der Waals surface area contributed by atoms with E-state index < -0.39 is 6.10 Å². The normalized spacial score (nSPS) is 12.0. The molecular weight excluding hydrogens is 426 g/mol. The average molecular weight is 458 g/mol. The first-order valence-corrected chi connectivity index (χ1v) is 11.6. The minimum atomic E-state index is -0.616. The van der Waals surface area contributed by atoms with Gasteiger partial charge in [-0.15, -0.1) is 10.2 Å². The SMILES string of the molecule is CCCn1c(SCC(O)COCc2ccc(OC)c(OC)c2)nnc1-c1cccc(C)c1. The van der Waals surface area contributed by atoms with Gasteiger partial charge >= 0.3 is 0 Å². The molecule has 1 N–H and O–H groups in total. The molecule has 0 fully saturated rings. The molecule has 3 aromatic rings. The van der Waals surface area contributed by atoms with Crippen LogP contribution < -0.4 is 9.47 Å². The standard InChI is InChI=1S/C24H31N3O4S/c1-5-11-27-23(19-8-6-7-17(2)12-19)25-26-24(27)32-16-20(28)15-31-14-18-9-10-21(29-3)22(13-18)30-4/h6-10,12-13,20,28H,5,11,14-16H2,1-4H3. The average Bonchev–Trinajstić information content (AvgIpc) is 3.20. The lowest BCUT2D eigenvalue weighted by Crippen LogP contribution is -2.18. The Kier molecular flexibility index (Phi) is 8.96. The lowest BCUT2D eigenvalue weighted by molar-refractivity contribution is 0.0397. The Morgan fingerprint density at radius 1 is 1.06 bits per heavy atom. The Morgan fingerprint density at radius 2 is 1.88 bits per heavy atom. The topological polar surface area (TPSA) is 78.6 Å². The van der Waals surface area contributed by atoms with Crippen LogP contribution in [0.2, 0.25) is 0 Å². The first-order chi connectivity index (χ1) is 15.5. The van der Waals surface area contributed by atoms with Crippen LogP contribution in [-0.2, 0) is 17.9 Å². The first kappa shape index (κ1) is 24.1. The van der Waals surface area contributed by atoms with Crippen molar-refractivity contribution in [1.29, 1.82) is 0 Å². The van der Waals surface area contributed by atoms with E-state index in [2.05, 4.69) is 46.8 Å². The van der Waals surface area contributed by atoms with Gasteiger partial charge in [-0.1, -0.05) is 48.5 Å². The monoisotopic (exact) mass is 457 g/mol. The number of rotatable bonds is 12. The van der Waals surface area contributed by atoms with Crippen molar-refractivity contribution in [2.24, 2.45) is 0 Å². The molecule has 3 rings (SSSR count). The molecule has 2 aromatic carbocycles. The van der Waals surface area contributed by atoms with Crippen molar-refractivity contribution >= 4 is 11.8 Å². The van der Waals surface area contributed by atoms with E-state index in [9.17, 15) is 5.11 Å². The third-order valence-electron chi connectivity index (χ3n) is 4.87. The third kappa shape index (κ3) is 6.25. The molecule has 7 nitrogen and oxygen atoms in total. The van der Waals surface area contributed by atoms with Gasteiger partial charge in [-0.3, -0.25) is 0 Å². The van der Waals surface area contributed by atoms with Gasteiger partial charge in [-0.2, -0.15) is 0 Å². The number of thioether (sulfide) groups is 1. The molecule has 1 aromatic heterocycles. The van der Waals surface area contributed by atoms with Gasteiger partial charge in [0.15, 0.2) is 22.5 Å². The lowest BCUT2D eigenvalue weighted by atomic mass is 10.1. The van der Waals surface area contributed by atoms with Gasteiger partial charge in [-0.05, 0) is 37.1 Å². The highest BCUT2D eigenvalue weighted by Crippen LogP contribution is 2.28. The second kappa shape index (κ2) is 11.9. The van der Waals surface area contributed by atoms with E-state index in [1.54, 1.807) is 14.2 Å². The van der Waals surface area contributed by atoms with Crippen molar-refractivity contribution < 1.29 is 19.3 Å². The van der Waals surface area contributed by atoms with Crippen LogP contribution in [0.3, 0.4) is 0 Å². The molecule has 8 heteroatoms. The Labute approximate surface area is 193 Å². The van der Waals surface area contributed by atoms with E-state index in [4.69, 9.17) is 14.2 Å². The van der Waals surface area contributed by atoms with Crippen LogP contribution in [-0.4, -0.2) is 52.6 Å². The largest absolute Gasteiger partial charge is 0.493 e. The second-order valence-electron chi connectivity index (χ2n) is 7.50. The summed E-state index contributed by atoms with van der Waals surface area (Å²) in [6, 6.07) is 13.9. The van der Waals surface area contributed by atoms with Gasteiger partial charge in [0.05, 0.1) is 33.5 Å². The Morgan fingerprint density at radius 3 is 2.59 bits per heavy atom. The fraction of sp³-hybridized carbons (Fsp3) is 0.417. The summed E-state index contributed by atoms with van der Waals surface area (Å²) in [6.07, 6.45) is 0.357. The maximum atomic E-state index is 10.4. The molecule has 0 spiro atoms. The molecule has 0 bridgehead atoms. The van der Waals surface area contributed by atoms with Gasteiger partial charge in [0, 0.05) is 17.9 Å². The van der Waals surface area contributed by atoms with E-state index >= 15 is 0 Å². The summed E-state index contributed by atoms with van der Waals surface area (Å²) < 4.78 is 18.4.